The number of oxazole rings is 1. The molecular weight excluding hydrogens is 513 g/mol. The Morgan fingerprint density at radius 1 is 0.872 bits per heavy atom. The third-order valence-electron chi connectivity index (χ3n) is 5.56. The Morgan fingerprint density at radius 3 is 2.26 bits per heavy atom. The Bertz CT molecular complexity index is 1630. The summed E-state index contributed by atoms with van der Waals surface area (Å²) in [6, 6.07) is 17.6. The smallest absolute Gasteiger partial charge is 0.416 e. The zero-order chi connectivity index (χ0) is 27.6. The predicted octanol–water partition coefficient (Wildman–Crippen LogP) is 7.01. The van der Waals surface area contributed by atoms with Crippen LogP contribution in [0.4, 0.5) is 40.8 Å². The number of methoxy groups -OCH3 is 1. The van der Waals surface area contributed by atoms with E-state index >= 15 is 0 Å². The molecule has 5 aromatic rings. The lowest BCUT2D eigenvalue weighted by atomic mass is 10.2. The molecule has 0 saturated heterocycles. The van der Waals surface area contributed by atoms with E-state index in [-0.39, 0.29) is 5.69 Å². The first kappa shape index (κ1) is 25.5. The van der Waals surface area contributed by atoms with Crippen LogP contribution in [0.25, 0.3) is 22.7 Å². The molecule has 0 aliphatic carbocycles. The summed E-state index contributed by atoms with van der Waals surface area (Å²) in [5.74, 6) is 2.00. The van der Waals surface area contributed by atoms with Gasteiger partial charge in [-0.2, -0.15) is 18.2 Å². The van der Waals surface area contributed by atoms with E-state index in [0.29, 0.717) is 45.9 Å². The Labute approximate surface area is 220 Å². The average molecular weight is 534 g/mol. The molecule has 0 aliphatic heterocycles. The third-order valence-corrected chi connectivity index (χ3v) is 5.56. The minimum absolute atomic E-state index is 0.0189. The fourth-order valence-corrected chi connectivity index (χ4v) is 3.71. The highest BCUT2D eigenvalue weighted by Crippen LogP contribution is 2.31. The van der Waals surface area contributed by atoms with Crippen LogP contribution in [0.15, 0.2) is 77.2 Å². The molecule has 0 fully saturated rings. The van der Waals surface area contributed by atoms with E-state index in [1.54, 1.807) is 50.4 Å². The number of alkyl halides is 3. The van der Waals surface area contributed by atoms with Gasteiger partial charge in [-0.1, -0.05) is 6.07 Å². The van der Waals surface area contributed by atoms with Crippen molar-refractivity contribution >= 4 is 40.1 Å². The summed E-state index contributed by atoms with van der Waals surface area (Å²) in [7, 11) is 1.59. The summed E-state index contributed by atoms with van der Waals surface area (Å²) >= 11 is 0. The van der Waals surface area contributed by atoms with Crippen molar-refractivity contribution in [1.29, 1.82) is 0 Å². The van der Waals surface area contributed by atoms with Crippen LogP contribution in [0.5, 0.6) is 5.75 Å². The van der Waals surface area contributed by atoms with Crippen molar-refractivity contribution in [2.24, 2.45) is 0 Å². The van der Waals surface area contributed by atoms with Gasteiger partial charge >= 0.3 is 12.2 Å². The van der Waals surface area contributed by atoms with E-state index in [1.165, 1.54) is 12.1 Å². The molecule has 2 amide bonds. The molecular formula is C27H21F3N6O3. The van der Waals surface area contributed by atoms with Gasteiger partial charge in [-0.15, -0.1) is 0 Å². The molecule has 0 aliphatic rings. The van der Waals surface area contributed by atoms with Gasteiger partial charge in [-0.05, 0) is 73.7 Å². The van der Waals surface area contributed by atoms with Crippen molar-refractivity contribution in [2.75, 3.05) is 23.1 Å². The number of aromatic nitrogens is 3. The maximum Gasteiger partial charge on any atom is 0.416 e. The zero-order valence-electron chi connectivity index (χ0n) is 20.6. The number of fused-ring (bicyclic) bond motifs is 1. The minimum atomic E-state index is -4.51. The number of urea groups is 1. The summed E-state index contributed by atoms with van der Waals surface area (Å²) < 4.78 is 49.8. The highest BCUT2D eigenvalue weighted by atomic mass is 19.4. The van der Waals surface area contributed by atoms with Crippen LogP contribution in [-0.4, -0.2) is 28.1 Å². The second kappa shape index (κ2) is 10.3. The Morgan fingerprint density at radius 2 is 1.56 bits per heavy atom. The van der Waals surface area contributed by atoms with Crippen LogP contribution in [-0.2, 0) is 6.18 Å². The minimum Gasteiger partial charge on any atom is -0.497 e. The molecule has 0 atom stereocenters. The summed E-state index contributed by atoms with van der Waals surface area (Å²) in [5, 5.41) is 8.17. The number of halogens is 3. The van der Waals surface area contributed by atoms with Crippen LogP contribution < -0.4 is 20.7 Å². The maximum atomic E-state index is 12.9. The Hall–Kier alpha value is -5.13. The Kier molecular flexibility index (Phi) is 6.75. The topological polar surface area (TPSA) is 114 Å². The second-order valence-electron chi connectivity index (χ2n) is 8.38. The number of aryl methyl sites for hydroxylation is 1. The first-order valence-electron chi connectivity index (χ1n) is 11.6. The van der Waals surface area contributed by atoms with Crippen LogP contribution in [0.3, 0.4) is 0 Å². The van der Waals surface area contributed by atoms with Gasteiger partial charge in [0.1, 0.15) is 11.6 Å². The van der Waals surface area contributed by atoms with Gasteiger partial charge in [0.25, 0.3) is 5.71 Å². The third kappa shape index (κ3) is 5.90. The number of rotatable bonds is 6. The number of hydrogen-bond acceptors (Lipinski definition) is 7. The molecule has 0 spiro atoms. The van der Waals surface area contributed by atoms with Gasteiger partial charge < -0.3 is 25.1 Å². The molecule has 0 radical (unpaired) electrons. The average Bonchev–Trinajstić information content (AvgIpc) is 3.34. The molecule has 39 heavy (non-hydrogen) atoms. The lowest BCUT2D eigenvalue weighted by Gasteiger charge is -2.11. The van der Waals surface area contributed by atoms with Crippen molar-refractivity contribution in [3.8, 4) is 17.2 Å². The molecule has 12 heteroatoms. The highest BCUT2D eigenvalue weighted by molar-refractivity contribution is 6.00. The normalized spacial score (nSPS) is 11.3. The number of hydrogen-bond donors (Lipinski definition) is 3. The van der Waals surface area contributed by atoms with E-state index in [9.17, 15) is 18.0 Å². The molecule has 3 N–H and O–H groups in total. The molecule has 2 heterocycles. The standard InChI is InChI=1S/C27H21F3N6O3/c1-15-31-23(22-25(32-15)39-24(36-22)16-6-12-21(38-2)13-7-16)33-18-8-10-19(11-9-18)34-26(37)35-20-5-3-4-17(14-20)27(28,29)30/h3-14H,1-2H3,(H,31,32,33)(H2,34,35,37). The molecule has 9 nitrogen and oxygen atoms in total. The fraction of sp³-hybridized carbons (Fsp3) is 0.111. The summed E-state index contributed by atoms with van der Waals surface area (Å²) in [5.41, 5.74) is 1.74. The first-order valence-corrected chi connectivity index (χ1v) is 11.6. The Balaban J connectivity index is 1.29. The van der Waals surface area contributed by atoms with Gasteiger partial charge in [-0.25, -0.2) is 14.8 Å². The van der Waals surface area contributed by atoms with Crippen LogP contribution in [0.1, 0.15) is 11.4 Å². The van der Waals surface area contributed by atoms with Crippen molar-refractivity contribution in [3.63, 3.8) is 0 Å². The fourth-order valence-electron chi connectivity index (χ4n) is 3.71. The highest BCUT2D eigenvalue weighted by Gasteiger charge is 2.30. The number of amides is 2. The first-order chi connectivity index (χ1) is 18.7. The number of anilines is 4. The van der Waals surface area contributed by atoms with Crippen LogP contribution in [0.2, 0.25) is 0 Å². The summed E-state index contributed by atoms with van der Waals surface area (Å²) in [4.78, 5) is 25.6. The van der Waals surface area contributed by atoms with Gasteiger partial charge in [0.15, 0.2) is 11.3 Å². The number of nitrogens with one attached hydrogen (secondary N) is 3. The molecule has 2 aromatic heterocycles. The maximum absolute atomic E-state index is 12.9. The van der Waals surface area contributed by atoms with Gasteiger partial charge in [-0.3, -0.25) is 0 Å². The van der Waals surface area contributed by atoms with Gasteiger partial charge in [0.2, 0.25) is 5.89 Å². The van der Waals surface area contributed by atoms with E-state index in [1.807, 2.05) is 12.1 Å². The number of benzene rings is 3. The largest absolute Gasteiger partial charge is 0.497 e. The molecule has 3 aromatic carbocycles. The SMILES string of the molecule is COc1ccc(-c2nc3c(Nc4ccc(NC(=O)Nc5cccc(C(F)(F)F)c5)cc4)nc(C)nc3o2)cc1. The molecule has 0 unspecified atom stereocenters. The number of carbonyl (C=O) groups is 1. The van der Waals surface area contributed by atoms with Crippen LogP contribution in [0, 0.1) is 6.92 Å². The number of carbonyl (C=O) groups excluding carboxylic acids is 1. The lowest BCUT2D eigenvalue weighted by molar-refractivity contribution is -0.137. The van der Waals surface area contributed by atoms with Crippen molar-refractivity contribution in [1.82, 2.24) is 15.0 Å². The monoisotopic (exact) mass is 534 g/mol. The van der Waals surface area contributed by atoms with Crippen molar-refractivity contribution in [3.05, 3.63) is 84.2 Å². The van der Waals surface area contributed by atoms with E-state index < -0.39 is 17.8 Å². The van der Waals surface area contributed by atoms with Gasteiger partial charge in [0, 0.05) is 22.6 Å². The molecule has 0 bridgehead atoms. The van der Waals surface area contributed by atoms with Gasteiger partial charge in [0.05, 0.1) is 12.7 Å². The summed E-state index contributed by atoms with van der Waals surface area (Å²) in [6.07, 6.45) is -4.51. The molecule has 0 saturated carbocycles. The van der Waals surface area contributed by atoms with Crippen LogP contribution >= 0.6 is 0 Å². The van der Waals surface area contributed by atoms with Crippen molar-refractivity contribution in [2.45, 2.75) is 13.1 Å². The van der Waals surface area contributed by atoms with Crippen molar-refractivity contribution < 1.29 is 27.1 Å². The summed E-state index contributed by atoms with van der Waals surface area (Å²) in [6.45, 7) is 1.73. The molecule has 198 valence electrons. The molecule has 5 rings (SSSR count). The van der Waals surface area contributed by atoms with E-state index in [4.69, 9.17) is 9.15 Å². The quantitative estimate of drug-likeness (QED) is 0.215. The predicted molar refractivity (Wildman–Crippen MR) is 140 cm³/mol. The number of ether oxygens (including phenoxy) is 1. The lowest BCUT2D eigenvalue weighted by Crippen LogP contribution is -2.19. The second-order valence-corrected chi connectivity index (χ2v) is 8.38. The number of nitrogens with zero attached hydrogens (tertiary/aromatic N) is 3. The van der Waals surface area contributed by atoms with E-state index in [2.05, 4.69) is 30.9 Å². The van der Waals surface area contributed by atoms with E-state index in [0.717, 1.165) is 17.7 Å². The zero-order valence-corrected chi connectivity index (χ0v) is 20.6.